The molecule has 0 saturated carbocycles. The Labute approximate surface area is 112 Å². The smallest absolute Gasteiger partial charge is 0.253 e. The van der Waals surface area contributed by atoms with E-state index in [1.54, 1.807) is 12.3 Å². The van der Waals surface area contributed by atoms with Gasteiger partial charge in [-0.1, -0.05) is 11.8 Å². The fourth-order valence-electron chi connectivity index (χ4n) is 1.95. The highest BCUT2D eigenvalue weighted by atomic mass is 16.5. The van der Waals surface area contributed by atoms with E-state index in [4.69, 9.17) is 9.84 Å². The lowest BCUT2D eigenvalue weighted by molar-refractivity contribution is 0.0866. The van der Waals surface area contributed by atoms with Crippen molar-refractivity contribution in [3.8, 4) is 11.8 Å². The molecular formula is C14H16N2O3. The van der Waals surface area contributed by atoms with Crippen LogP contribution >= 0.6 is 0 Å². The summed E-state index contributed by atoms with van der Waals surface area (Å²) in [5.41, 5.74) is 1.07. The number of nitrogens with one attached hydrogen (secondary N) is 1. The molecule has 5 heteroatoms. The first-order valence-electron chi connectivity index (χ1n) is 6.18. The zero-order valence-corrected chi connectivity index (χ0v) is 10.7. The van der Waals surface area contributed by atoms with Crippen molar-refractivity contribution in [2.24, 2.45) is 0 Å². The Balaban J connectivity index is 2.06. The minimum atomic E-state index is -0.215. The van der Waals surface area contributed by atoms with Gasteiger partial charge in [0.15, 0.2) is 0 Å². The molecule has 1 aliphatic heterocycles. The fraction of sp³-hybridized carbons (Fsp3) is 0.429. The summed E-state index contributed by atoms with van der Waals surface area (Å²) in [7, 11) is 0. The van der Waals surface area contributed by atoms with Crippen molar-refractivity contribution in [1.29, 1.82) is 0 Å². The Morgan fingerprint density at radius 1 is 1.63 bits per heavy atom. The van der Waals surface area contributed by atoms with E-state index in [0.29, 0.717) is 17.7 Å². The van der Waals surface area contributed by atoms with Crippen molar-refractivity contribution in [1.82, 2.24) is 10.3 Å². The minimum Gasteiger partial charge on any atom is -0.384 e. The summed E-state index contributed by atoms with van der Waals surface area (Å²) in [4.78, 5) is 16.0. The number of aliphatic hydroxyl groups excluding tert-OH is 1. The molecule has 19 heavy (non-hydrogen) atoms. The number of pyridine rings is 1. The first kappa shape index (κ1) is 13.5. The van der Waals surface area contributed by atoms with Crippen molar-refractivity contribution < 1.29 is 14.6 Å². The molecule has 0 aromatic carbocycles. The number of amides is 1. The highest BCUT2D eigenvalue weighted by molar-refractivity contribution is 5.94. The lowest BCUT2D eigenvalue weighted by atomic mass is 10.1. The van der Waals surface area contributed by atoms with E-state index in [2.05, 4.69) is 22.1 Å². The number of carbonyl (C=O) groups excluding carboxylic acids is 1. The van der Waals surface area contributed by atoms with Gasteiger partial charge in [-0.3, -0.25) is 9.78 Å². The molecule has 1 aliphatic rings. The van der Waals surface area contributed by atoms with Crippen LogP contribution in [0.1, 0.15) is 29.3 Å². The van der Waals surface area contributed by atoms with Gasteiger partial charge in [-0.25, -0.2) is 0 Å². The number of rotatable bonds is 2. The topological polar surface area (TPSA) is 71.5 Å². The summed E-state index contributed by atoms with van der Waals surface area (Å²) < 4.78 is 5.40. The maximum Gasteiger partial charge on any atom is 0.253 e. The maximum atomic E-state index is 12.1. The molecule has 1 amide bonds. The summed E-state index contributed by atoms with van der Waals surface area (Å²) in [6.45, 7) is 2.40. The van der Waals surface area contributed by atoms with Gasteiger partial charge in [0.25, 0.3) is 5.91 Å². The molecule has 2 atom stereocenters. The lowest BCUT2D eigenvalue weighted by Gasteiger charge is -2.15. The van der Waals surface area contributed by atoms with Crippen LogP contribution in [0.15, 0.2) is 18.5 Å². The largest absolute Gasteiger partial charge is 0.384 e. The van der Waals surface area contributed by atoms with E-state index in [9.17, 15) is 4.79 Å². The molecule has 0 radical (unpaired) electrons. The molecular weight excluding hydrogens is 244 g/mol. The number of aromatic nitrogens is 1. The minimum absolute atomic E-state index is 0.0364. The molecule has 1 aromatic heterocycles. The SMILES string of the molecule is CC1OCCC1NC(=O)c1cncc(C#CCO)c1. The number of ether oxygens (including phenoxy) is 1. The molecule has 1 saturated heterocycles. The normalized spacial score (nSPS) is 21.6. The first-order chi connectivity index (χ1) is 9.20. The van der Waals surface area contributed by atoms with Crippen LogP contribution < -0.4 is 5.32 Å². The first-order valence-corrected chi connectivity index (χ1v) is 6.18. The summed E-state index contributed by atoms with van der Waals surface area (Å²) in [5.74, 6) is 5.07. The maximum absolute atomic E-state index is 12.1. The average molecular weight is 260 g/mol. The van der Waals surface area contributed by atoms with Crippen molar-refractivity contribution in [2.45, 2.75) is 25.5 Å². The number of hydrogen-bond donors (Lipinski definition) is 2. The zero-order valence-electron chi connectivity index (χ0n) is 10.7. The number of hydrogen-bond acceptors (Lipinski definition) is 4. The van der Waals surface area contributed by atoms with Crippen LogP contribution in [0.4, 0.5) is 0 Å². The third kappa shape index (κ3) is 3.53. The predicted molar refractivity (Wildman–Crippen MR) is 69.5 cm³/mol. The third-order valence-electron chi connectivity index (χ3n) is 3.00. The molecule has 2 heterocycles. The predicted octanol–water partition coefficient (Wildman–Crippen LogP) is 0.333. The molecule has 0 spiro atoms. The molecule has 1 aromatic rings. The van der Waals surface area contributed by atoms with Crippen LogP contribution in [0.25, 0.3) is 0 Å². The highest BCUT2D eigenvalue weighted by Crippen LogP contribution is 2.13. The lowest BCUT2D eigenvalue weighted by Crippen LogP contribution is -2.39. The number of nitrogens with zero attached hydrogens (tertiary/aromatic N) is 1. The van der Waals surface area contributed by atoms with E-state index in [1.807, 2.05) is 6.92 Å². The van der Waals surface area contributed by atoms with E-state index in [1.165, 1.54) is 6.20 Å². The molecule has 2 N–H and O–H groups in total. The second kappa shape index (κ2) is 6.32. The van der Waals surface area contributed by atoms with Gasteiger partial charge in [0.2, 0.25) is 0 Å². The van der Waals surface area contributed by atoms with E-state index >= 15 is 0 Å². The van der Waals surface area contributed by atoms with Gasteiger partial charge in [0.05, 0.1) is 17.7 Å². The van der Waals surface area contributed by atoms with Crippen LogP contribution in [0, 0.1) is 11.8 Å². The van der Waals surface area contributed by atoms with Crippen LogP contribution in [-0.2, 0) is 4.74 Å². The summed E-state index contributed by atoms with van der Waals surface area (Å²) in [6, 6.07) is 1.70. The van der Waals surface area contributed by atoms with Gasteiger partial charge in [0, 0.05) is 24.6 Å². The molecule has 5 nitrogen and oxygen atoms in total. The zero-order chi connectivity index (χ0) is 13.7. The van der Waals surface area contributed by atoms with Gasteiger partial charge in [-0.05, 0) is 19.4 Å². The summed E-state index contributed by atoms with van der Waals surface area (Å²) in [6.07, 6.45) is 3.92. The third-order valence-corrected chi connectivity index (χ3v) is 3.00. The Morgan fingerprint density at radius 2 is 2.47 bits per heavy atom. The Hall–Kier alpha value is -1.90. The monoisotopic (exact) mass is 260 g/mol. The Kier molecular flexibility index (Phi) is 4.50. The van der Waals surface area contributed by atoms with E-state index in [0.717, 1.165) is 6.42 Å². The number of carbonyl (C=O) groups is 1. The van der Waals surface area contributed by atoms with Crippen LogP contribution in [0.5, 0.6) is 0 Å². The van der Waals surface area contributed by atoms with Gasteiger partial charge in [-0.15, -0.1) is 0 Å². The van der Waals surface area contributed by atoms with Gasteiger partial charge in [0.1, 0.15) is 6.61 Å². The molecule has 100 valence electrons. The number of aliphatic hydroxyl groups is 1. The van der Waals surface area contributed by atoms with Crippen molar-refractivity contribution in [3.05, 3.63) is 29.6 Å². The van der Waals surface area contributed by atoms with Gasteiger partial charge in [-0.2, -0.15) is 0 Å². The quantitative estimate of drug-likeness (QED) is 0.752. The second-order valence-electron chi connectivity index (χ2n) is 4.37. The molecule has 0 bridgehead atoms. The molecule has 2 unspecified atom stereocenters. The van der Waals surface area contributed by atoms with E-state index in [-0.39, 0.29) is 24.7 Å². The Bertz CT molecular complexity index is 519. The average Bonchev–Trinajstić information content (AvgIpc) is 2.82. The van der Waals surface area contributed by atoms with Crippen LogP contribution in [0.2, 0.25) is 0 Å². The molecule has 1 fully saturated rings. The standard InChI is InChI=1S/C14H16N2O3/c1-10-13(4-6-19-10)16-14(18)12-7-11(3-2-5-17)8-15-9-12/h7-10,13,17H,4-6H2,1H3,(H,16,18). The summed E-state index contributed by atoms with van der Waals surface area (Å²) in [5, 5.41) is 11.6. The molecule has 0 aliphatic carbocycles. The van der Waals surface area contributed by atoms with Crippen LogP contribution in [0.3, 0.4) is 0 Å². The van der Waals surface area contributed by atoms with Crippen molar-refractivity contribution in [2.75, 3.05) is 13.2 Å². The van der Waals surface area contributed by atoms with Crippen LogP contribution in [-0.4, -0.2) is 41.4 Å². The van der Waals surface area contributed by atoms with E-state index < -0.39 is 0 Å². The fourth-order valence-corrected chi connectivity index (χ4v) is 1.95. The van der Waals surface area contributed by atoms with Gasteiger partial charge >= 0.3 is 0 Å². The van der Waals surface area contributed by atoms with Gasteiger partial charge < -0.3 is 15.2 Å². The van der Waals surface area contributed by atoms with Crippen molar-refractivity contribution >= 4 is 5.91 Å². The van der Waals surface area contributed by atoms with Crippen molar-refractivity contribution in [3.63, 3.8) is 0 Å². The second-order valence-corrected chi connectivity index (χ2v) is 4.37. The Morgan fingerprint density at radius 3 is 3.16 bits per heavy atom. The molecule has 2 rings (SSSR count). The summed E-state index contributed by atoms with van der Waals surface area (Å²) >= 11 is 0. The highest BCUT2D eigenvalue weighted by Gasteiger charge is 2.26.